The lowest BCUT2D eigenvalue weighted by Crippen LogP contribution is -2.39. The van der Waals surface area contributed by atoms with Crippen LogP contribution in [0.2, 0.25) is 0 Å². The molecule has 3 rings (SSSR count). The largest absolute Gasteiger partial charge is 0.496 e. The Balaban J connectivity index is 1.74. The molecule has 0 aliphatic heterocycles. The van der Waals surface area contributed by atoms with Crippen molar-refractivity contribution >= 4 is 11.6 Å². The molecule has 1 aliphatic rings. The molecule has 1 N–H and O–H groups in total. The summed E-state index contributed by atoms with van der Waals surface area (Å²) in [5, 5.41) is 14.1. The summed E-state index contributed by atoms with van der Waals surface area (Å²) in [7, 11) is 1.66. The quantitative estimate of drug-likeness (QED) is 0.596. The van der Waals surface area contributed by atoms with Crippen LogP contribution in [0, 0.1) is 10.1 Å². The molecule has 0 saturated heterocycles. The molecule has 1 aliphatic carbocycles. The van der Waals surface area contributed by atoms with Gasteiger partial charge in [0.05, 0.1) is 18.5 Å². The van der Waals surface area contributed by atoms with Crippen molar-refractivity contribution in [2.45, 2.75) is 37.5 Å². The molecule has 0 spiro atoms. The maximum atomic E-state index is 12.5. The van der Waals surface area contributed by atoms with Gasteiger partial charge in [-0.1, -0.05) is 49.2 Å². The van der Waals surface area contributed by atoms with Crippen molar-refractivity contribution in [3.63, 3.8) is 0 Å². The molecule has 2 aromatic carbocycles. The molecule has 6 nitrogen and oxygen atoms in total. The number of hydrogen-bond acceptors (Lipinski definition) is 4. The van der Waals surface area contributed by atoms with Gasteiger partial charge in [0.2, 0.25) is 5.91 Å². The Kier molecular flexibility index (Phi) is 5.74. The van der Waals surface area contributed by atoms with Crippen molar-refractivity contribution in [3.8, 4) is 5.75 Å². The van der Waals surface area contributed by atoms with Crippen molar-refractivity contribution in [3.05, 3.63) is 69.8 Å². The molecular formula is C21H24N2O4. The van der Waals surface area contributed by atoms with Crippen LogP contribution in [0.25, 0.3) is 0 Å². The number of benzene rings is 2. The van der Waals surface area contributed by atoms with Crippen molar-refractivity contribution in [2.24, 2.45) is 0 Å². The monoisotopic (exact) mass is 368 g/mol. The van der Waals surface area contributed by atoms with E-state index in [4.69, 9.17) is 4.74 Å². The predicted molar refractivity (Wildman–Crippen MR) is 103 cm³/mol. The molecule has 1 amide bonds. The third-order valence-corrected chi connectivity index (χ3v) is 5.40. The number of hydrogen-bond donors (Lipinski definition) is 1. The minimum atomic E-state index is -0.449. The molecular weight excluding hydrogens is 344 g/mol. The highest BCUT2D eigenvalue weighted by Gasteiger charge is 2.38. The maximum Gasteiger partial charge on any atom is 0.273 e. The summed E-state index contributed by atoms with van der Waals surface area (Å²) in [6.07, 6.45) is 4.19. The van der Waals surface area contributed by atoms with E-state index in [2.05, 4.69) is 11.4 Å². The van der Waals surface area contributed by atoms with Gasteiger partial charge in [-0.2, -0.15) is 0 Å². The molecule has 1 fully saturated rings. The van der Waals surface area contributed by atoms with Gasteiger partial charge in [-0.05, 0) is 18.9 Å². The fraction of sp³-hybridized carbons (Fsp3) is 0.381. The van der Waals surface area contributed by atoms with Crippen LogP contribution >= 0.6 is 0 Å². The number of nitrogens with zero attached hydrogens (tertiary/aromatic N) is 1. The number of amides is 1. The molecule has 0 atom stereocenters. The van der Waals surface area contributed by atoms with Gasteiger partial charge >= 0.3 is 0 Å². The van der Waals surface area contributed by atoms with Gasteiger partial charge in [0.15, 0.2) is 0 Å². The van der Waals surface area contributed by atoms with Gasteiger partial charge in [0, 0.05) is 29.2 Å². The normalized spacial score (nSPS) is 15.3. The third kappa shape index (κ3) is 4.10. The van der Waals surface area contributed by atoms with E-state index < -0.39 is 4.92 Å². The van der Waals surface area contributed by atoms with E-state index in [9.17, 15) is 14.9 Å². The Morgan fingerprint density at radius 1 is 1.15 bits per heavy atom. The van der Waals surface area contributed by atoms with E-state index in [0.717, 1.165) is 37.0 Å². The Bertz CT molecular complexity index is 828. The van der Waals surface area contributed by atoms with E-state index in [-0.39, 0.29) is 23.4 Å². The van der Waals surface area contributed by atoms with Gasteiger partial charge < -0.3 is 10.1 Å². The van der Waals surface area contributed by atoms with Crippen molar-refractivity contribution in [1.82, 2.24) is 5.32 Å². The van der Waals surface area contributed by atoms with Crippen molar-refractivity contribution in [2.75, 3.05) is 13.7 Å². The zero-order chi connectivity index (χ0) is 19.3. The Hall–Kier alpha value is -2.89. The predicted octanol–water partition coefficient (Wildman–Crippen LogP) is 3.77. The molecule has 2 aromatic rings. The summed E-state index contributed by atoms with van der Waals surface area (Å²) in [5.74, 6) is 0.637. The number of ether oxygens (including phenoxy) is 1. The highest BCUT2D eigenvalue weighted by Crippen LogP contribution is 2.44. The van der Waals surface area contributed by atoms with Gasteiger partial charge in [-0.15, -0.1) is 0 Å². The fourth-order valence-electron chi connectivity index (χ4n) is 4.02. The first-order valence-electron chi connectivity index (χ1n) is 9.18. The number of para-hydroxylation sites is 2. The second-order valence-corrected chi connectivity index (χ2v) is 7.03. The summed E-state index contributed by atoms with van der Waals surface area (Å²) in [5.41, 5.74) is 1.38. The molecule has 0 radical (unpaired) electrons. The fourth-order valence-corrected chi connectivity index (χ4v) is 4.02. The summed E-state index contributed by atoms with van der Waals surface area (Å²) in [6, 6.07) is 14.3. The molecule has 0 unspecified atom stereocenters. The van der Waals surface area contributed by atoms with Crippen molar-refractivity contribution < 1.29 is 14.5 Å². The van der Waals surface area contributed by atoms with Crippen molar-refractivity contribution in [1.29, 1.82) is 0 Å². The van der Waals surface area contributed by atoms with Gasteiger partial charge in [-0.25, -0.2) is 0 Å². The zero-order valence-electron chi connectivity index (χ0n) is 15.4. The van der Waals surface area contributed by atoms with Gasteiger partial charge in [0.25, 0.3) is 5.69 Å². The smallest absolute Gasteiger partial charge is 0.273 e. The van der Waals surface area contributed by atoms with Crippen LogP contribution in [0.4, 0.5) is 5.69 Å². The summed E-state index contributed by atoms with van der Waals surface area (Å²) >= 11 is 0. The number of carbonyl (C=O) groups excluding carboxylic acids is 1. The zero-order valence-corrected chi connectivity index (χ0v) is 15.4. The highest BCUT2D eigenvalue weighted by molar-refractivity contribution is 5.79. The Morgan fingerprint density at radius 2 is 1.81 bits per heavy atom. The second-order valence-electron chi connectivity index (χ2n) is 7.03. The Labute approximate surface area is 158 Å². The molecule has 142 valence electrons. The molecule has 27 heavy (non-hydrogen) atoms. The summed E-state index contributed by atoms with van der Waals surface area (Å²) < 4.78 is 5.54. The lowest BCUT2D eigenvalue weighted by molar-refractivity contribution is -0.385. The molecule has 0 heterocycles. The number of rotatable bonds is 7. The minimum absolute atomic E-state index is 0.000835. The lowest BCUT2D eigenvalue weighted by atomic mass is 9.78. The standard InChI is InChI=1S/C21H24N2O4/c1-27-19-11-5-3-9-17(19)21(12-6-7-13-21)15-22-20(24)14-16-8-2-4-10-18(16)23(25)26/h2-5,8-11H,6-7,12-15H2,1H3,(H,22,24). The second kappa shape index (κ2) is 8.20. The van der Waals surface area contributed by atoms with Crippen LogP contribution in [-0.4, -0.2) is 24.5 Å². The summed E-state index contributed by atoms with van der Waals surface area (Å²) in [6.45, 7) is 0.507. The van der Waals surface area contributed by atoms with Crippen LogP contribution in [0.5, 0.6) is 5.75 Å². The van der Waals surface area contributed by atoms with Crippen LogP contribution in [-0.2, 0) is 16.6 Å². The molecule has 1 saturated carbocycles. The minimum Gasteiger partial charge on any atom is -0.496 e. The van der Waals surface area contributed by atoms with E-state index in [1.807, 2.05) is 18.2 Å². The Morgan fingerprint density at radius 3 is 2.52 bits per heavy atom. The maximum absolute atomic E-state index is 12.5. The number of nitrogens with one attached hydrogen (secondary N) is 1. The average molecular weight is 368 g/mol. The topological polar surface area (TPSA) is 81.5 Å². The summed E-state index contributed by atoms with van der Waals surface area (Å²) in [4.78, 5) is 23.2. The first-order valence-corrected chi connectivity index (χ1v) is 9.18. The number of carbonyl (C=O) groups is 1. The number of methoxy groups -OCH3 is 1. The van der Waals surface area contributed by atoms with Crippen LogP contribution in [0.1, 0.15) is 36.8 Å². The van der Waals surface area contributed by atoms with Crippen LogP contribution in [0.15, 0.2) is 48.5 Å². The van der Waals surface area contributed by atoms with E-state index in [0.29, 0.717) is 12.1 Å². The van der Waals surface area contributed by atoms with Gasteiger partial charge in [-0.3, -0.25) is 14.9 Å². The average Bonchev–Trinajstić information content (AvgIpc) is 3.16. The first-order chi connectivity index (χ1) is 13.1. The van der Waals surface area contributed by atoms with Gasteiger partial charge in [0.1, 0.15) is 5.75 Å². The molecule has 6 heteroatoms. The van der Waals surface area contributed by atoms with E-state index in [1.165, 1.54) is 6.07 Å². The lowest BCUT2D eigenvalue weighted by Gasteiger charge is -2.31. The van der Waals surface area contributed by atoms with Crippen LogP contribution in [0.3, 0.4) is 0 Å². The first kappa shape index (κ1) is 18.9. The van der Waals surface area contributed by atoms with E-state index in [1.54, 1.807) is 25.3 Å². The van der Waals surface area contributed by atoms with Crippen LogP contribution < -0.4 is 10.1 Å². The SMILES string of the molecule is COc1ccccc1C1(CNC(=O)Cc2ccccc2[N+](=O)[O-])CCCC1. The third-order valence-electron chi connectivity index (χ3n) is 5.40. The molecule has 0 aromatic heterocycles. The molecule has 0 bridgehead atoms. The highest BCUT2D eigenvalue weighted by atomic mass is 16.6. The number of nitro benzene ring substituents is 1. The van der Waals surface area contributed by atoms with E-state index >= 15 is 0 Å². The number of nitro groups is 1.